The summed E-state index contributed by atoms with van der Waals surface area (Å²) in [6.07, 6.45) is -7.75. The van der Waals surface area contributed by atoms with E-state index in [-0.39, 0.29) is 54.3 Å². The number of piperidine rings is 1. The summed E-state index contributed by atoms with van der Waals surface area (Å²) in [6, 6.07) is 1.78. The summed E-state index contributed by atoms with van der Waals surface area (Å²) in [5.41, 5.74) is -1.82. The molecule has 3 fully saturated rings. The van der Waals surface area contributed by atoms with E-state index in [0.29, 0.717) is 44.3 Å². The Morgan fingerprint density at radius 2 is 1.70 bits per heavy atom. The summed E-state index contributed by atoms with van der Waals surface area (Å²) in [6.45, 7) is 0.892. The van der Waals surface area contributed by atoms with E-state index < -0.39 is 55.0 Å². The maximum Gasteiger partial charge on any atom is 0.472 e. The highest BCUT2D eigenvalue weighted by atomic mass is 35.5. The highest BCUT2D eigenvalue weighted by molar-refractivity contribution is 7.94. The minimum absolute atomic E-state index is 0.0476. The van der Waals surface area contributed by atoms with E-state index in [9.17, 15) is 39.6 Å². The van der Waals surface area contributed by atoms with Gasteiger partial charge in [-0.15, -0.1) is 0 Å². The molecule has 1 saturated heterocycles. The minimum atomic E-state index is -5.55. The molecule has 2 saturated carbocycles. The first-order valence-electron chi connectivity index (χ1n) is 13.6. The van der Waals surface area contributed by atoms with Gasteiger partial charge in [0.15, 0.2) is 11.5 Å². The van der Waals surface area contributed by atoms with Gasteiger partial charge in [0, 0.05) is 25.2 Å². The summed E-state index contributed by atoms with van der Waals surface area (Å²) in [5, 5.41) is 2.20. The molecule has 0 atom stereocenters. The van der Waals surface area contributed by atoms with Gasteiger partial charge < -0.3 is 4.74 Å². The number of sulfonamides is 1. The lowest BCUT2D eigenvalue weighted by atomic mass is 9.97. The van der Waals surface area contributed by atoms with Crippen LogP contribution in [0.4, 0.5) is 36.4 Å². The molecule has 238 valence electrons. The average molecular weight is 661 g/mol. The number of aromatic nitrogens is 2. The Hall–Kier alpha value is -2.59. The zero-order valence-corrected chi connectivity index (χ0v) is 24.4. The first kappa shape index (κ1) is 31.8. The Morgan fingerprint density at radius 3 is 2.23 bits per heavy atom. The van der Waals surface area contributed by atoms with Gasteiger partial charge in [-0.05, 0) is 75.1 Å². The molecule has 1 aromatic heterocycles. The molecule has 0 bridgehead atoms. The van der Waals surface area contributed by atoms with E-state index in [1.54, 1.807) is 0 Å². The molecule has 0 unspecified atom stereocenters. The fraction of sp³-hybridized carbons (Fsp3) is 0.615. The number of rotatable bonds is 9. The van der Waals surface area contributed by atoms with Crippen molar-refractivity contribution in [3.05, 3.63) is 39.9 Å². The maximum atomic E-state index is 15.3. The van der Waals surface area contributed by atoms with Crippen molar-refractivity contribution in [2.45, 2.75) is 68.6 Å². The van der Waals surface area contributed by atoms with Crippen molar-refractivity contribution >= 4 is 33.2 Å². The fourth-order valence-electron chi connectivity index (χ4n) is 5.20. The van der Waals surface area contributed by atoms with Gasteiger partial charge in [0.25, 0.3) is 0 Å². The summed E-state index contributed by atoms with van der Waals surface area (Å²) >= 11 is 6.07. The first-order valence-corrected chi connectivity index (χ1v) is 15.5. The number of amides is 1. The number of carbonyl (C=O) groups is 1. The molecule has 1 amide bonds. The van der Waals surface area contributed by atoms with Gasteiger partial charge in [-0.2, -0.15) is 35.7 Å². The third-order valence-corrected chi connectivity index (χ3v) is 10.5. The number of likely N-dealkylation sites (tertiary alicyclic amines) is 1. The number of ether oxygens (including phenoxy) is 1. The van der Waals surface area contributed by atoms with E-state index in [0.717, 1.165) is 16.8 Å². The lowest BCUT2D eigenvalue weighted by Crippen LogP contribution is -2.46. The van der Waals surface area contributed by atoms with Crippen LogP contribution in [0.15, 0.2) is 12.1 Å². The van der Waals surface area contributed by atoms with E-state index >= 15 is 4.39 Å². The summed E-state index contributed by atoms with van der Waals surface area (Å²) in [4.78, 5) is 14.0. The second-order valence-electron chi connectivity index (χ2n) is 11.2. The van der Waals surface area contributed by atoms with Crippen molar-refractivity contribution < 1.29 is 48.7 Å². The van der Waals surface area contributed by atoms with Gasteiger partial charge >= 0.3 is 18.3 Å². The Morgan fingerprint density at radius 1 is 1.07 bits per heavy atom. The quantitative estimate of drug-likeness (QED) is 0.317. The van der Waals surface area contributed by atoms with Gasteiger partial charge in [0.1, 0.15) is 10.9 Å². The monoisotopic (exact) mass is 660 g/mol. The van der Waals surface area contributed by atoms with Gasteiger partial charge in [-0.3, -0.25) is 14.4 Å². The van der Waals surface area contributed by atoms with Crippen LogP contribution in [0.5, 0.6) is 5.75 Å². The molecule has 43 heavy (non-hydrogen) atoms. The van der Waals surface area contributed by atoms with Crippen LogP contribution in [0, 0.1) is 11.7 Å². The predicted octanol–water partition coefficient (Wildman–Crippen LogP) is 5.79. The van der Waals surface area contributed by atoms with Crippen LogP contribution in [0.25, 0.3) is 0 Å². The predicted molar refractivity (Wildman–Crippen MR) is 141 cm³/mol. The third kappa shape index (κ3) is 6.75. The molecule has 2 aliphatic carbocycles. The summed E-state index contributed by atoms with van der Waals surface area (Å²) in [5.74, 6) is -4.24. The van der Waals surface area contributed by atoms with Gasteiger partial charge in [0.05, 0.1) is 17.5 Å². The third-order valence-electron chi connectivity index (χ3n) is 7.84. The molecular weight excluding hydrogens is 633 g/mol. The topological polar surface area (TPSA) is 84.7 Å². The second-order valence-corrected chi connectivity index (χ2v) is 13.6. The fourth-order valence-corrected chi connectivity index (χ4v) is 7.17. The number of carbonyl (C=O) groups excluding carboxylic acids is 1. The Labute approximate surface area is 247 Å². The standard InChI is InChI=1S/C26H28ClF7N4O4S/c1-36-23(27)18(22(35-36)25(29,30)31)12-37-8-6-14(7-9-37)13-42-21-11-19(28)20(10-17(21)15-2-3-15)38(24(39)26(32,33)34)43(40,41)16-4-5-16/h10-11,14-16H,2-9,12-13H2,1H3. The van der Waals surface area contributed by atoms with Crippen LogP contribution in [0.2, 0.25) is 5.15 Å². The molecule has 1 aliphatic heterocycles. The number of anilines is 1. The largest absolute Gasteiger partial charge is 0.493 e. The van der Waals surface area contributed by atoms with Crippen LogP contribution in [0.3, 0.4) is 0 Å². The maximum absolute atomic E-state index is 15.3. The zero-order valence-electron chi connectivity index (χ0n) is 22.8. The summed E-state index contributed by atoms with van der Waals surface area (Å²) < 4.78 is 128. The molecule has 0 spiro atoms. The Kier molecular flexibility index (Phi) is 8.44. The van der Waals surface area contributed by atoms with E-state index in [1.807, 2.05) is 4.90 Å². The smallest absolute Gasteiger partial charge is 0.472 e. The number of nitrogens with zero attached hydrogens (tertiary/aromatic N) is 4. The van der Waals surface area contributed by atoms with Crippen molar-refractivity contribution in [1.82, 2.24) is 14.7 Å². The highest BCUT2D eigenvalue weighted by Crippen LogP contribution is 2.48. The number of benzene rings is 1. The average Bonchev–Trinajstić information content (AvgIpc) is 3.83. The van der Waals surface area contributed by atoms with Gasteiger partial charge in [0.2, 0.25) is 10.0 Å². The number of aryl methyl sites for hydroxylation is 1. The van der Waals surface area contributed by atoms with Crippen LogP contribution in [-0.2, 0) is 34.6 Å². The van der Waals surface area contributed by atoms with Crippen LogP contribution in [0.1, 0.15) is 61.3 Å². The lowest BCUT2D eigenvalue weighted by Gasteiger charge is -2.32. The molecule has 1 aromatic carbocycles. The first-order chi connectivity index (χ1) is 20.0. The Bertz CT molecular complexity index is 1500. The van der Waals surface area contributed by atoms with Gasteiger partial charge in [-0.1, -0.05) is 11.6 Å². The van der Waals surface area contributed by atoms with Crippen molar-refractivity contribution in [3.8, 4) is 5.75 Å². The molecule has 5 rings (SSSR count). The molecular formula is C26H28ClF7N4O4S. The zero-order chi connectivity index (χ0) is 31.5. The molecule has 17 heteroatoms. The number of alkyl halides is 6. The number of hydrogen-bond donors (Lipinski definition) is 0. The normalized spacial score (nSPS) is 19.1. The Balaban J connectivity index is 1.28. The molecule has 2 aromatic rings. The van der Waals surface area contributed by atoms with Crippen LogP contribution < -0.4 is 9.04 Å². The van der Waals surface area contributed by atoms with Gasteiger partial charge in [-0.25, -0.2) is 12.8 Å². The van der Waals surface area contributed by atoms with Crippen molar-refractivity contribution in [2.75, 3.05) is 24.0 Å². The van der Waals surface area contributed by atoms with Crippen LogP contribution in [-0.4, -0.2) is 60.1 Å². The number of hydrogen-bond acceptors (Lipinski definition) is 6. The van der Waals surface area contributed by atoms with Crippen LogP contribution >= 0.6 is 11.6 Å². The molecule has 0 N–H and O–H groups in total. The molecule has 0 radical (unpaired) electrons. The van der Waals surface area contributed by atoms with E-state index in [1.165, 1.54) is 7.05 Å². The highest BCUT2D eigenvalue weighted by Gasteiger charge is 2.52. The lowest BCUT2D eigenvalue weighted by molar-refractivity contribution is -0.169. The van der Waals surface area contributed by atoms with Crippen molar-refractivity contribution in [2.24, 2.45) is 13.0 Å². The SMILES string of the molecule is Cn1nc(C(F)(F)F)c(CN2CCC(COc3cc(F)c(N(C(=O)C(F)(F)F)S(=O)(=O)C4CC4)cc3C3CC3)CC2)c1Cl. The van der Waals surface area contributed by atoms with Crippen molar-refractivity contribution in [3.63, 3.8) is 0 Å². The minimum Gasteiger partial charge on any atom is -0.493 e. The van der Waals surface area contributed by atoms with E-state index in [2.05, 4.69) is 5.10 Å². The molecule has 2 heterocycles. The summed E-state index contributed by atoms with van der Waals surface area (Å²) in [7, 11) is -3.46. The van der Waals surface area contributed by atoms with Crippen molar-refractivity contribution in [1.29, 1.82) is 0 Å². The molecule has 3 aliphatic rings. The number of halogens is 8. The van der Waals surface area contributed by atoms with E-state index in [4.69, 9.17) is 16.3 Å². The molecule has 8 nitrogen and oxygen atoms in total. The second kappa shape index (κ2) is 11.4.